The number of Topliss-reactive ketones (excluding diaryl/α,β-unsaturated/α-hetero) is 1. The number of rotatable bonds is 8. The van der Waals surface area contributed by atoms with Crippen LogP contribution < -0.4 is 0 Å². The van der Waals surface area contributed by atoms with Gasteiger partial charge in [-0.1, -0.05) is 0 Å². The van der Waals surface area contributed by atoms with Crippen LogP contribution >= 0.6 is 0 Å². The summed E-state index contributed by atoms with van der Waals surface area (Å²) in [5, 5.41) is 0. The first-order valence-electron chi connectivity index (χ1n) is 12.1. The van der Waals surface area contributed by atoms with Crippen molar-refractivity contribution in [3.8, 4) is 0 Å². The fraction of sp³-hybridized carbons (Fsp3) is 0.909. The number of ketones is 1. The fourth-order valence-electron chi connectivity index (χ4n) is 4.39. The molecule has 48 heavy (non-hydrogen) atoms. The van der Waals surface area contributed by atoms with E-state index in [0.29, 0.717) is 0 Å². The second-order valence-corrected chi connectivity index (χ2v) is 11.6. The maximum Gasteiger partial charge on any atom is 0.384 e. The molecule has 0 aliphatic heterocycles. The summed E-state index contributed by atoms with van der Waals surface area (Å²) < 4.78 is 314. The molecule has 0 unspecified atom stereocenters. The highest BCUT2D eigenvalue weighted by Gasteiger charge is 3.04. The summed E-state index contributed by atoms with van der Waals surface area (Å²) in [4.78, 5) is 24.4. The van der Waals surface area contributed by atoms with E-state index in [0.717, 1.165) is 0 Å². The van der Waals surface area contributed by atoms with Crippen LogP contribution in [0.25, 0.3) is 0 Å². The second-order valence-electron chi connectivity index (χ2n) is 11.6. The maximum absolute atomic E-state index is 15.1. The van der Waals surface area contributed by atoms with E-state index in [4.69, 9.17) is 0 Å². The summed E-state index contributed by atoms with van der Waals surface area (Å²) in [5.74, 6) is -85.1. The van der Waals surface area contributed by atoms with Crippen LogP contribution in [-0.2, 0) is 19.1 Å². The minimum atomic E-state index is -7.75. The number of hydrogen-bond donors (Lipinski definition) is 0. The minimum Gasteiger partial charge on any atom is -0.457 e. The molecule has 0 bridgehead atoms. The Bertz CT molecular complexity index is 1270. The van der Waals surface area contributed by atoms with Crippen LogP contribution in [0.3, 0.4) is 0 Å². The van der Waals surface area contributed by atoms with Gasteiger partial charge in [0.05, 0.1) is 6.61 Å². The topological polar surface area (TPSA) is 52.6 Å². The Kier molecular flexibility index (Phi) is 8.77. The first-order valence-corrected chi connectivity index (χ1v) is 12.1. The fourth-order valence-corrected chi connectivity index (χ4v) is 4.39. The van der Waals surface area contributed by atoms with Gasteiger partial charge in [-0.15, -0.1) is 0 Å². The van der Waals surface area contributed by atoms with Crippen LogP contribution in [0.15, 0.2) is 0 Å². The molecule has 0 N–H and O–H groups in total. The van der Waals surface area contributed by atoms with E-state index in [9.17, 15) is 102 Å². The van der Waals surface area contributed by atoms with E-state index in [1.165, 1.54) is 0 Å². The predicted molar refractivity (Wildman–Crippen MR) is 107 cm³/mol. The lowest BCUT2D eigenvalue weighted by atomic mass is 9.67. The van der Waals surface area contributed by atoms with E-state index in [-0.39, 0.29) is 27.7 Å². The highest BCUT2D eigenvalue weighted by Crippen LogP contribution is 2.71. The van der Waals surface area contributed by atoms with Crippen molar-refractivity contribution in [1.29, 1.82) is 0 Å². The third kappa shape index (κ3) is 4.23. The zero-order valence-electron chi connectivity index (χ0n) is 23.4. The summed E-state index contributed by atoms with van der Waals surface area (Å²) in [6, 6.07) is 0. The molecule has 0 amide bonds. The average molecular weight is 762 g/mol. The smallest absolute Gasteiger partial charge is 0.384 e. The molecule has 26 heteroatoms. The third-order valence-electron chi connectivity index (χ3n) is 7.56. The number of carbonyl (C=O) groups excluding carboxylic acids is 2. The molecule has 0 aromatic heterocycles. The molecule has 0 saturated heterocycles. The molecule has 0 aromatic carbocycles. The molecule has 0 atom stereocenters. The molecular formula is C22H16F22O4. The van der Waals surface area contributed by atoms with E-state index in [2.05, 4.69) is 9.47 Å². The molecule has 2 saturated carbocycles. The van der Waals surface area contributed by atoms with Crippen molar-refractivity contribution in [3.05, 3.63) is 0 Å². The van der Waals surface area contributed by atoms with Crippen molar-refractivity contribution in [3.63, 3.8) is 0 Å². The second kappa shape index (κ2) is 10.1. The molecule has 2 rings (SSSR count). The first kappa shape index (κ1) is 41.7. The van der Waals surface area contributed by atoms with E-state index >= 15 is 4.39 Å². The Labute approximate surface area is 251 Å². The van der Waals surface area contributed by atoms with Gasteiger partial charge in [0.2, 0.25) is 5.78 Å². The van der Waals surface area contributed by atoms with Gasteiger partial charge in [0.15, 0.2) is 0 Å². The minimum absolute atomic E-state index is 0.144. The number of ether oxygens (including phenoxy) is 2. The Morgan fingerprint density at radius 2 is 0.688 bits per heavy atom. The highest BCUT2D eigenvalue weighted by molar-refractivity contribution is 5.97. The highest BCUT2D eigenvalue weighted by atomic mass is 19.4. The molecule has 0 heterocycles. The SMILES string of the molecule is CC(C)(CCOC(C)(C)C(=O)C1(F)C(F)(F)C(F)(F)C(F)(F)C(F)(F)C1(F)F)OC(=O)C1(F)C(F)(F)C(F)(F)C(F)(F)C(F)(F)C1(F)F. The van der Waals surface area contributed by atoms with Crippen LogP contribution in [0.2, 0.25) is 0 Å². The molecule has 2 aliphatic carbocycles. The van der Waals surface area contributed by atoms with Crippen molar-refractivity contribution in [2.75, 3.05) is 6.61 Å². The zero-order chi connectivity index (χ0) is 39.0. The van der Waals surface area contributed by atoms with Crippen molar-refractivity contribution in [2.24, 2.45) is 0 Å². The zero-order valence-corrected chi connectivity index (χ0v) is 23.4. The van der Waals surface area contributed by atoms with Gasteiger partial charge in [-0.3, -0.25) is 4.79 Å². The van der Waals surface area contributed by atoms with Crippen LogP contribution in [0, 0.1) is 0 Å². The monoisotopic (exact) mass is 762 g/mol. The van der Waals surface area contributed by atoms with Gasteiger partial charge in [0.1, 0.15) is 11.2 Å². The third-order valence-corrected chi connectivity index (χ3v) is 7.56. The van der Waals surface area contributed by atoms with Crippen molar-refractivity contribution in [2.45, 2.75) is 116 Å². The molecule has 2 aliphatic rings. The number of alkyl halides is 22. The van der Waals surface area contributed by atoms with Gasteiger partial charge in [-0.2, -0.15) is 87.8 Å². The van der Waals surface area contributed by atoms with Crippen LogP contribution in [0.4, 0.5) is 96.6 Å². The summed E-state index contributed by atoms with van der Waals surface area (Å²) in [5.41, 5.74) is -21.6. The van der Waals surface area contributed by atoms with E-state index in [1.807, 2.05) is 0 Å². The maximum atomic E-state index is 15.1. The Hall–Kier alpha value is -2.44. The Morgan fingerprint density at radius 1 is 0.438 bits per heavy atom. The Balaban J connectivity index is 2.43. The van der Waals surface area contributed by atoms with Gasteiger partial charge in [0.25, 0.3) is 0 Å². The molecule has 0 aromatic rings. The number of carbonyl (C=O) groups is 2. The quantitative estimate of drug-likeness (QED) is 0.187. The number of hydrogen-bond acceptors (Lipinski definition) is 4. The lowest BCUT2D eigenvalue weighted by molar-refractivity contribution is -0.478. The van der Waals surface area contributed by atoms with Gasteiger partial charge in [-0.25, -0.2) is 13.6 Å². The van der Waals surface area contributed by atoms with Crippen LogP contribution in [0.1, 0.15) is 34.1 Å². The molecule has 2 fully saturated rings. The lowest BCUT2D eigenvalue weighted by Crippen LogP contribution is -2.86. The van der Waals surface area contributed by atoms with Gasteiger partial charge in [0, 0.05) is 6.42 Å². The van der Waals surface area contributed by atoms with E-state index < -0.39 is 107 Å². The first-order chi connectivity index (χ1) is 20.5. The van der Waals surface area contributed by atoms with Gasteiger partial charge in [-0.05, 0) is 27.7 Å². The van der Waals surface area contributed by atoms with E-state index in [1.54, 1.807) is 0 Å². The van der Waals surface area contributed by atoms with Gasteiger partial charge < -0.3 is 9.47 Å². The lowest BCUT2D eigenvalue weighted by Gasteiger charge is -2.52. The standard InChI is InChI=1S/C22H16F22O4/c1-9(2,48-8(46)12(24)15(29,30)19(37,38)22(43,44)20(39,40)16(12,31)32)5-6-47-10(3,4)7(45)11(23)13(25,26)17(33,34)21(41,42)18(35,36)14(11,27)28/h5-6H2,1-4H3. The Morgan fingerprint density at radius 3 is 0.979 bits per heavy atom. The normalized spacial score (nSPS) is 29.4. The molecule has 282 valence electrons. The van der Waals surface area contributed by atoms with Crippen molar-refractivity contribution >= 4 is 11.8 Å². The number of esters is 1. The summed E-state index contributed by atoms with van der Waals surface area (Å²) in [6.45, 7) is -1.66. The molecular weight excluding hydrogens is 746 g/mol. The van der Waals surface area contributed by atoms with Crippen molar-refractivity contribution < 1.29 is 116 Å². The largest absolute Gasteiger partial charge is 0.457 e. The van der Waals surface area contributed by atoms with Crippen LogP contribution in [-0.4, -0.2) is 100 Å². The van der Waals surface area contributed by atoms with Gasteiger partial charge >= 0.3 is 76.5 Å². The molecule has 0 spiro atoms. The number of halogens is 22. The summed E-state index contributed by atoms with van der Waals surface area (Å²) >= 11 is 0. The molecule has 4 nitrogen and oxygen atoms in total. The molecule has 0 radical (unpaired) electrons. The van der Waals surface area contributed by atoms with Crippen LogP contribution in [0.5, 0.6) is 0 Å². The summed E-state index contributed by atoms with van der Waals surface area (Å²) in [7, 11) is 0. The van der Waals surface area contributed by atoms with Crippen molar-refractivity contribution in [1.82, 2.24) is 0 Å². The average Bonchev–Trinajstić information content (AvgIpc) is 2.88. The summed E-state index contributed by atoms with van der Waals surface area (Å²) in [6.07, 6.45) is -1.61. The predicted octanol–water partition coefficient (Wildman–Crippen LogP) is 7.86.